The van der Waals surface area contributed by atoms with E-state index in [1.807, 2.05) is 22.8 Å². The van der Waals surface area contributed by atoms with Gasteiger partial charge in [-0.05, 0) is 56.9 Å². The number of carbonyl (C=O) groups is 1. The number of fused-ring (bicyclic) bond motifs is 2. The lowest BCUT2D eigenvalue weighted by atomic mass is 10.0. The van der Waals surface area contributed by atoms with Gasteiger partial charge in [0.25, 0.3) is 0 Å². The lowest BCUT2D eigenvalue weighted by molar-refractivity contribution is 0.0524. The van der Waals surface area contributed by atoms with Crippen molar-refractivity contribution < 1.29 is 19.4 Å². The summed E-state index contributed by atoms with van der Waals surface area (Å²) in [5, 5.41) is 10.7. The molecule has 1 aromatic carbocycles. The van der Waals surface area contributed by atoms with Gasteiger partial charge < -0.3 is 19.1 Å². The molecule has 3 aromatic rings. The minimum Gasteiger partial charge on any atom is -0.508 e. The number of methoxy groups -OCH3 is 1. The SMILES string of the molecule is CCOC(=O)c1cn(C2CC2)c2c(OC)c(-c3cc4c(s3)CCC=C4O)ccc2c1=O. The van der Waals surface area contributed by atoms with Crippen LogP contribution >= 0.6 is 11.3 Å². The summed E-state index contributed by atoms with van der Waals surface area (Å²) in [5.41, 5.74) is 2.15. The molecule has 0 aliphatic heterocycles. The van der Waals surface area contributed by atoms with E-state index >= 15 is 0 Å². The Morgan fingerprint density at radius 2 is 2.10 bits per heavy atom. The Labute approximate surface area is 183 Å². The number of pyridine rings is 1. The first-order valence-electron chi connectivity index (χ1n) is 10.5. The van der Waals surface area contributed by atoms with E-state index in [2.05, 4.69) is 0 Å². The summed E-state index contributed by atoms with van der Waals surface area (Å²) in [6.45, 7) is 1.94. The van der Waals surface area contributed by atoms with Crippen LogP contribution in [0.1, 0.15) is 53.0 Å². The minimum absolute atomic E-state index is 0.0534. The third-order valence-corrected chi connectivity index (χ3v) is 7.07. The molecule has 0 bridgehead atoms. The van der Waals surface area contributed by atoms with Gasteiger partial charge in [-0.2, -0.15) is 0 Å². The Kier molecular flexibility index (Phi) is 4.85. The number of allylic oxidation sites excluding steroid dienone is 1. The second-order valence-corrected chi connectivity index (χ2v) is 8.99. The number of nitrogens with zero attached hydrogens (tertiary/aromatic N) is 1. The molecule has 1 fully saturated rings. The maximum Gasteiger partial charge on any atom is 0.343 e. The van der Waals surface area contributed by atoms with Gasteiger partial charge in [0.05, 0.1) is 24.6 Å². The number of benzene rings is 1. The smallest absolute Gasteiger partial charge is 0.343 e. The Morgan fingerprint density at radius 3 is 2.77 bits per heavy atom. The van der Waals surface area contributed by atoms with E-state index in [1.54, 1.807) is 37.6 Å². The second-order valence-electron chi connectivity index (χ2n) is 7.85. The molecule has 0 unspecified atom stereocenters. The summed E-state index contributed by atoms with van der Waals surface area (Å²) in [6, 6.07) is 5.85. The average Bonchev–Trinajstić information content (AvgIpc) is 3.51. The number of hydrogen-bond donors (Lipinski definition) is 1. The van der Waals surface area contributed by atoms with Crippen LogP contribution in [0.3, 0.4) is 0 Å². The van der Waals surface area contributed by atoms with Crippen LogP contribution in [-0.4, -0.2) is 29.4 Å². The second kappa shape index (κ2) is 7.57. The van der Waals surface area contributed by atoms with Crippen LogP contribution in [0.5, 0.6) is 5.75 Å². The van der Waals surface area contributed by atoms with Gasteiger partial charge in [0, 0.05) is 33.1 Å². The fourth-order valence-electron chi connectivity index (χ4n) is 4.23. The fraction of sp³-hybridized carbons (Fsp3) is 0.333. The highest BCUT2D eigenvalue weighted by Crippen LogP contribution is 2.45. The zero-order valence-electron chi connectivity index (χ0n) is 17.4. The van der Waals surface area contributed by atoms with Crippen molar-refractivity contribution in [1.29, 1.82) is 0 Å². The van der Waals surface area contributed by atoms with Gasteiger partial charge in [0.1, 0.15) is 11.3 Å². The van der Waals surface area contributed by atoms with Gasteiger partial charge in [-0.3, -0.25) is 4.79 Å². The lowest BCUT2D eigenvalue weighted by Crippen LogP contribution is -2.21. The van der Waals surface area contributed by atoms with Crippen molar-refractivity contribution in [3.05, 3.63) is 56.7 Å². The molecule has 0 spiro atoms. The summed E-state index contributed by atoms with van der Waals surface area (Å²) in [5.74, 6) is 0.330. The largest absolute Gasteiger partial charge is 0.508 e. The van der Waals surface area contributed by atoms with Crippen LogP contribution in [-0.2, 0) is 11.2 Å². The molecule has 1 N–H and O–H groups in total. The number of thiophene rings is 1. The number of carbonyl (C=O) groups excluding carboxylic acids is 1. The Hall–Kier alpha value is -3.06. The van der Waals surface area contributed by atoms with E-state index in [0.29, 0.717) is 22.4 Å². The van der Waals surface area contributed by atoms with Crippen molar-refractivity contribution in [2.24, 2.45) is 0 Å². The predicted molar refractivity (Wildman–Crippen MR) is 121 cm³/mol. The van der Waals surface area contributed by atoms with Gasteiger partial charge >= 0.3 is 5.97 Å². The highest BCUT2D eigenvalue weighted by molar-refractivity contribution is 7.15. The molecule has 6 nitrogen and oxygen atoms in total. The minimum atomic E-state index is -0.597. The van der Waals surface area contributed by atoms with Crippen LogP contribution in [0.2, 0.25) is 0 Å². The van der Waals surface area contributed by atoms with Crippen molar-refractivity contribution >= 4 is 34.0 Å². The molecule has 1 saturated carbocycles. The monoisotopic (exact) mass is 437 g/mol. The van der Waals surface area contributed by atoms with E-state index in [0.717, 1.165) is 46.6 Å². The van der Waals surface area contributed by atoms with E-state index in [1.165, 1.54) is 0 Å². The maximum atomic E-state index is 13.2. The molecule has 2 heterocycles. The molecule has 2 aromatic heterocycles. The number of esters is 1. The molecule has 0 radical (unpaired) electrons. The predicted octanol–water partition coefficient (Wildman–Crippen LogP) is 5.10. The van der Waals surface area contributed by atoms with Crippen LogP contribution in [0.25, 0.3) is 27.1 Å². The van der Waals surface area contributed by atoms with Crippen molar-refractivity contribution in [1.82, 2.24) is 4.57 Å². The van der Waals surface area contributed by atoms with Crippen molar-refractivity contribution in [2.45, 2.75) is 38.6 Å². The van der Waals surface area contributed by atoms with Gasteiger partial charge in [-0.1, -0.05) is 0 Å². The number of ether oxygens (including phenoxy) is 2. The summed E-state index contributed by atoms with van der Waals surface area (Å²) < 4.78 is 13.0. The first-order valence-corrected chi connectivity index (χ1v) is 11.3. The molecule has 2 aliphatic carbocycles. The first-order chi connectivity index (χ1) is 15.0. The van der Waals surface area contributed by atoms with Crippen LogP contribution in [0.15, 0.2) is 35.3 Å². The van der Waals surface area contributed by atoms with E-state index in [4.69, 9.17) is 9.47 Å². The third kappa shape index (κ3) is 3.24. The number of aliphatic hydroxyl groups is 1. The summed E-state index contributed by atoms with van der Waals surface area (Å²) in [7, 11) is 1.60. The molecule has 31 heavy (non-hydrogen) atoms. The van der Waals surface area contributed by atoms with Gasteiger partial charge in [-0.15, -0.1) is 11.3 Å². The molecule has 5 rings (SSSR count). The Bertz CT molecular complexity index is 1300. The number of aryl methyl sites for hydroxylation is 1. The van der Waals surface area contributed by atoms with Crippen molar-refractivity contribution in [3.63, 3.8) is 0 Å². The molecular formula is C24H23NO5S. The number of aliphatic hydroxyl groups excluding tert-OH is 1. The maximum absolute atomic E-state index is 13.2. The van der Waals surface area contributed by atoms with Gasteiger partial charge in [0.2, 0.25) is 5.43 Å². The zero-order valence-corrected chi connectivity index (χ0v) is 18.3. The Balaban J connectivity index is 1.75. The quantitative estimate of drug-likeness (QED) is 0.562. The Morgan fingerprint density at radius 1 is 1.29 bits per heavy atom. The number of rotatable bonds is 5. The van der Waals surface area contributed by atoms with Crippen molar-refractivity contribution in [2.75, 3.05) is 13.7 Å². The normalized spacial score (nSPS) is 15.5. The summed E-state index contributed by atoms with van der Waals surface area (Å²) in [4.78, 5) is 27.7. The topological polar surface area (TPSA) is 77.8 Å². The van der Waals surface area contributed by atoms with Crippen molar-refractivity contribution in [3.8, 4) is 16.2 Å². The molecular weight excluding hydrogens is 414 g/mol. The standard InChI is InChI=1S/C24H23NO5S/c1-3-30-24(28)17-12-25(13-7-8-13)21-15(22(17)27)10-9-14(23(21)29-2)20-11-16-18(26)5-4-6-19(16)31-20/h5,9-13,26H,3-4,6-8H2,1-2H3. The molecule has 0 saturated heterocycles. The molecule has 0 atom stereocenters. The zero-order chi connectivity index (χ0) is 21.7. The van der Waals surface area contributed by atoms with E-state index in [9.17, 15) is 14.7 Å². The van der Waals surface area contributed by atoms with Crippen LogP contribution in [0.4, 0.5) is 0 Å². The summed E-state index contributed by atoms with van der Waals surface area (Å²) in [6.07, 6.45) is 7.17. The number of hydrogen-bond acceptors (Lipinski definition) is 6. The molecule has 2 aliphatic rings. The van der Waals surface area contributed by atoms with Crippen LogP contribution < -0.4 is 10.2 Å². The first kappa shape index (κ1) is 19.9. The van der Waals surface area contributed by atoms with Crippen LogP contribution in [0, 0.1) is 0 Å². The highest BCUT2D eigenvalue weighted by atomic mass is 32.1. The molecule has 7 heteroatoms. The average molecular weight is 438 g/mol. The lowest BCUT2D eigenvalue weighted by Gasteiger charge is -2.17. The summed E-state index contributed by atoms with van der Waals surface area (Å²) >= 11 is 1.64. The van der Waals surface area contributed by atoms with E-state index in [-0.39, 0.29) is 23.6 Å². The fourth-order valence-corrected chi connectivity index (χ4v) is 5.43. The molecule has 160 valence electrons. The third-order valence-electron chi connectivity index (χ3n) is 5.85. The number of aromatic nitrogens is 1. The molecule has 0 amide bonds. The highest BCUT2D eigenvalue weighted by Gasteiger charge is 2.30. The van der Waals surface area contributed by atoms with Gasteiger partial charge in [0.15, 0.2) is 5.75 Å². The van der Waals surface area contributed by atoms with Gasteiger partial charge in [-0.25, -0.2) is 4.79 Å². The van der Waals surface area contributed by atoms with E-state index < -0.39 is 5.97 Å².